The molecule has 1 aromatic carbocycles. The molecule has 1 saturated carbocycles. The number of hydrogen-bond donors (Lipinski definition) is 1. The minimum absolute atomic E-state index is 0.0674. The van der Waals surface area contributed by atoms with Gasteiger partial charge in [0.25, 0.3) is 5.91 Å². The predicted octanol–water partition coefficient (Wildman–Crippen LogP) is 3.14. The van der Waals surface area contributed by atoms with Gasteiger partial charge >= 0.3 is 5.51 Å². The largest absolute Gasteiger partial charge is 0.446 e. The summed E-state index contributed by atoms with van der Waals surface area (Å²) in [5.41, 5.74) is -3.94. The number of carbonyl (C=O) groups excluding carboxylic acids is 1. The smallest absolute Gasteiger partial charge is 0.393 e. The lowest BCUT2D eigenvalue weighted by Crippen LogP contribution is -2.31. The van der Waals surface area contributed by atoms with Gasteiger partial charge in [0.2, 0.25) is 0 Å². The maximum Gasteiger partial charge on any atom is 0.446 e. The summed E-state index contributed by atoms with van der Waals surface area (Å²) in [5, 5.41) is 9.87. The number of amides is 1. The van der Waals surface area contributed by atoms with Crippen molar-refractivity contribution in [2.75, 3.05) is 13.1 Å². The number of likely N-dealkylation sites (tertiary alicyclic amines) is 1. The van der Waals surface area contributed by atoms with Gasteiger partial charge in [-0.25, -0.2) is 0 Å². The molecule has 120 valence electrons. The van der Waals surface area contributed by atoms with Crippen LogP contribution in [0.2, 0.25) is 0 Å². The first-order valence-electron chi connectivity index (χ1n) is 7.16. The van der Waals surface area contributed by atoms with Crippen molar-refractivity contribution in [3.63, 3.8) is 0 Å². The van der Waals surface area contributed by atoms with E-state index < -0.39 is 5.51 Å². The Morgan fingerprint density at radius 1 is 1.18 bits per heavy atom. The molecular formula is C15H16F3NO2S. The SMILES string of the molecule is O=C(c1ccc(SC(F)(F)F)cc1)N1C[C@@H]2CC[C@H](O)[C@H]2C1. The van der Waals surface area contributed by atoms with Crippen LogP contribution < -0.4 is 0 Å². The minimum atomic E-state index is -4.33. The Bertz CT molecular complexity index is 561. The molecule has 1 aliphatic heterocycles. The van der Waals surface area contributed by atoms with Crippen LogP contribution >= 0.6 is 11.8 Å². The molecule has 3 rings (SSSR count). The average Bonchev–Trinajstić information content (AvgIpc) is 3.00. The molecule has 2 aliphatic rings. The number of benzene rings is 1. The molecule has 1 amide bonds. The minimum Gasteiger partial charge on any atom is -0.393 e. The topological polar surface area (TPSA) is 40.5 Å². The van der Waals surface area contributed by atoms with Crippen LogP contribution in [0.5, 0.6) is 0 Å². The maximum atomic E-state index is 12.4. The normalized spacial score (nSPS) is 28.0. The van der Waals surface area contributed by atoms with E-state index in [0.29, 0.717) is 24.6 Å². The zero-order chi connectivity index (χ0) is 15.9. The summed E-state index contributed by atoms with van der Waals surface area (Å²) in [7, 11) is 0. The van der Waals surface area contributed by atoms with E-state index in [2.05, 4.69) is 0 Å². The van der Waals surface area contributed by atoms with Crippen LogP contribution in [0.15, 0.2) is 29.2 Å². The Balaban J connectivity index is 1.66. The van der Waals surface area contributed by atoms with Gasteiger partial charge in [0.05, 0.1) is 6.10 Å². The van der Waals surface area contributed by atoms with Crippen LogP contribution in [-0.2, 0) is 0 Å². The van der Waals surface area contributed by atoms with E-state index in [0.717, 1.165) is 12.8 Å². The highest BCUT2D eigenvalue weighted by Gasteiger charge is 2.43. The van der Waals surface area contributed by atoms with Gasteiger partial charge in [-0.1, -0.05) is 0 Å². The number of aliphatic hydroxyl groups is 1. The average molecular weight is 331 g/mol. The van der Waals surface area contributed by atoms with Crippen molar-refractivity contribution >= 4 is 17.7 Å². The van der Waals surface area contributed by atoms with Crippen molar-refractivity contribution in [1.29, 1.82) is 0 Å². The quantitative estimate of drug-likeness (QED) is 0.847. The molecule has 7 heteroatoms. The Hall–Kier alpha value is -1.21. The lowest BCUT2D eigenvalue weighted by Gasteiger charge is -2.18. The summed E-state index contributed by atoms with van der Waals surface area (Å²) in [4.78, 5) is 14.2. The summed E-state index contributed by atoms with van der Waals surface area (Å²) in [6.45, 7) is 1.16. The molecule has 1 aromatic rings. The maximum absolute atomic E-state index is 12.4. The van der Waals surface area contributed by atoms with Crippen LogP contribution in [0.4, 0.5) is 13.2 Å². The van der Waals surface area contributed by atoms with E-state index in [9.17, 15) is 23.1 Å². The summed E-state index contributed by atoms with van der Waals surface area (Å²) in [5.74, 6) is 0.313. The lowest BCUT2D eigenvalue weighted by atomic mass is 10.00. The molecule has 3 atom stereocenters. The highest BCUT2D eigenvalue weighted by molar-refractivity contribution is 8.00. The zero-order valence-corrected chi connectivity index (χ0v) is 12.5. The van der Waals surface area contributed by atoms with E-state index in [1.807, 2.05) is 0 Å². The second-order valence-corrected chi connectivity index (χ2v) is 6.99. The number of alkyl halides is 3. The highest BCUT2D eigenvalue weighted by atomic mass is 32.2. The molecule has 2 fully saturated rings. The standard InChI is InChI=1S/C15H16F3NO2S/c16-15(17,18)22-11-4-1-9(2-5-11)14(21)19-7-10-3-6-13(20)12(10)8-19/h1-2,4-5,10,12-13,20H,3,6-8H2/t10-,12-,13-/m0/s1. The predicted molar refractivity (Wildman–Crippen MR) is 76.5 cm³/mol. The Kier molecular flexibility index (Phi) is 4.11. The fourth-order valence-electron chi connectivity index (χ4n) is 3.38. The fraction of sp³-hybridized carbons (Fsp3) is 0.533. The van der Waals surface area contributed by atoms with E-state index in [1.54, 1.807) is 4.90 Å². The van der Waals surface area contributed by atoms with Crippen molar-refractivity contribution in [2.45, 2.75) is 29.3 Å². The monoisotopic (exact) mass is 331 g/mol. The number of aliphatic hydroxyl groups excluding tert-OH is 1. The van der Waals surface area contributed by atoms with Gasteiger partial charge in [0, 0.05) is 29.5 Å². The molecule has 1 N–H and O–H groups in total. The second kappa shape index (κ2) is 5.77. The third-order valence-electron chi connectivity index (χ3n) is 4.44. The van der Waals surface area contributed by atoms with Gasteiger partial charge in [0.1, 0.15) is 0 Å². The van der Waals surface area contributed by atoms with Gasteiger partial charge in [-0.15, -0.1) is 0 Å². The van der Waals surface area contributed by atoms with Crippen molar-refractivity contribution in [3.8, 4) is 0 Å². The van der Waals surface area contributed by atoms with Gasteiger partial charge in [-0.3, -0.25) is 4.79 Å². The van der Waals surface area contributed by atoms with Crippen molar-refractivity contribution in [1.82, 2.24) is 4.90 Å². The molecular weight excluding hydrogens is 315 g/mol. The summed E-state index contributed by atoms with van der Waals surface area (Å²) in [6.07, 6.45) is 1.38. The van der Waals surface area contributed by atoms with Crippen LogP contribution in [0.25, 0.3) is 0 Å². The Morgan fingerprint density at radius 2 is 1.86 bits per heavy atom. The van der Waals surface area contributed by atoms with E-state index >= 15 is 0 Å². The van der Waals surface area contributed by atoms with E-state index in [4.69, 9.17) is 0 Å². The Morgan fingerprint density at radius 3 is 2.45 bits per heavy atom. The van der Waals surface area contributed by atoms with Gasteiger partial charge in [-0.2, -0.15) is 13.2 Å². The molecule has 0 unspecified atom stereocenters. The number of halogens is 3. The highest BCUT2D eigenvalue weighted by Crippen LogP contribution is 2.39. The van der Waals surface area contributed by atoms with E-state index in [-0.39, 0.29) is 34.6 Å². The van der Waals surface area contributed by atoms with Crippen molar-refractivity contribution in [2.24, 2.45) is 11.8 Å². The summed E-state index contributed by atoms with van der Waals surface area (Å²) >= 11 is -0.191. The molecule has 1 heterocycles. The molecule has 0 aromatic heterocycles. The molecule has 0 bridgehead atoms. The molecule has 22 heavy (non-hydrogen) atoms. The first-order chi connectivity index (χ1) is 10.3. The van der Waals surface area contributed by atoms with Crippen LogP contribution in [0.3, 0.4) is 0 Å². The number of rotatable bonds is 2. The molecule has 3 nitrogen and oxygen atoms in total. The number of thioether (sulfide) groups is 1. The van der Waals surface area contributed by atoms with Gasteiger partial charge in [-0.05, 0) is 54.8 Å². The number of carbonyl (C=O) groups is 1. The first kappa shape index (κ1) is 15.7. The van der Waals surface area contributed by atoms with Crippen LogP contribution in [0, 0.1) is 11.8 Å². The number of nitrogens with zero attached hydrogens (tertiary/aromatic N) is 1. The lowest BCUT2D eigenvalue weighted by molar-refractivity contribution is -0.0328. The second-order valence-electron chi connectivity index (χ2n) is 5.85. The Labute approximate surface area is 130 Å². The third-order valence-corrected chi connectivity index (χ3v) is 5.18. The van der Waals surface area contributed by atoms with E-state index in [1.165, 1.54) is 24.3 Å². The van der Waals surface area contributed by atoms with Crippen LogP contribution in [-0.4, -0.2) is 40.6 Å². The van der Waals surface area contributed by atoms with Gasteiger partial charge < -0.3 is 10.0 Å². The first-order valence-corrected chi connectivity index (χ1v) is 7.98. The van der Waals surface area contributed by atoms with Crippen molar-refractivity contribution in [3.05, 3.63) is 29.8 Å². The number of fused-ring (bicyclic) bond motifs is 1. The molecule has 0 spiro atoms. The van der Waals surface area contributed by atoms with Crippen LogP contribution in [0.1, 0.15) is 23.2 Å². The van der Waals surface area contributed by atoms with Crippen molar-refractivity contribution < 1.29 is 23.1 Å². The molecule has 1 aliphatic carbocycles. The van der Waals surface area contributed by atoms with Gasteiger partial charge in [0.15, 0.2) is 0 Å². The fourth-order valence-corrected chi connectivity index (χ4v) is 3.92. The molecule has 1 saturated heterocycles. The molecule has 0 radical (unpaired) electrons. The third kappa shape index (κ3) is 3.25. The zero-order valence-electron chi connectivity index (χ0n) is 11.7. The summed E-state index contributed by atoms with van der Waals surface area (Å²) in [6, 6.07) is 5.50. The number of hydrogen-bond acceptors (Lipinski definition) is 3. The summed E-state index contributed by atoms with van der Waals surface area (Å²) < 4.78 is 36.8.